The van der Waals surface area contributed by atoms with Crippen LogP contribution in [0.25, 0.3) is 0 Å². The number of nitrogens with two attached hydrogens (primary N) is 1. The van der Waals surface area contributed by atoms with Crippen LogP contribution in [0.2, 0.25) is 0 Å². The highest BCUT2D eigenvalue weighted by Gasteiger charge is 2.07. The molecule has 0 aliphatic heterocycles. The molecule has 0 saturated heterocycles. The number of hydrogen-bond acceptors (Lipinski definition) is 3. The monoisotopic (exact) mass is 254 g/mol. The topological polar surface area (TPSA) is 48.1 Å². The Balaban J connectivity index is 2.04. The van der Waals surface area contributed by atoms with Gasteiger partial charge in [0.2, 0.25) is 0 Å². The third-order valence-corrected chi connectivity index (χ3v) is 2.83. The van der Waals surface area contributed by atoms with Crippen LogP contribution in [0.4, 0.5) is 0 Å². The predicted octanol–water partition coefficient (Wildman–Crippen LogP) is 2.89. The van der Waals surface area contributed by atoms with Crippen molar-refractivity contribution in [2.75, 3.05) is 6.61 Å². The lowest BCUT2D eigenvalue weighted by atomic mass is 10.0. The minimum absolute atomic E-state index is 0.0524. The Labute approximate surface area is 113 Å². The first-order valence-corrected chi connectivity index (χ1v) is 6.27. The molecule has 98 valence electrons. The maximum absolute atomic E-state index is 6.18. The molecule has 2 aromatic rings. The van der Waals surface area contributed by atoms with Gasteiger partial charge in [-0.15, -0.1) is 0 Å². The molecular formula is C16H18N2O. The van der Waals surface area contributed by atoms with Gasteiger partial charge in [-0.3, -0.25) is 4.98 Å². The second-order valence-corrected chi connectivity index (χ2v) is 4.34. The van der Waals surface area contributed by atoms with E-state index in [2.05, 4.69) is 17.6 Å². The van der Waals surface area contributed by atoms with Crippen molar-refractivity contribution in [3.05, 3.63) is 72.6 Å². The Kier molecular flexibility index (Phi) is 4.70. The molecule has 3 heteroatoms. The van der Waals surface area contributed by atoms with Crippen LogP contribution >= 0.6 is 0 Å². The van der Waals surface area contributed by atoms with E-state index in [1.54, 1.807) is 12.3 Å². The Bertz CT molecular complexity index is 525. The van der Waals surface area contributed by atoms with Gasteiger partial charge in [0.25, 0.3) is 0 Å². The maximum atomic E-state index is 6.18. The number of ether oxygens (including phenoxy) is 1. The maximum Gasteiger partial charge on any atom is 0.120 e. The Hall–Kier alpha value is -2.13. The molecule has 2 rings (SSSR count). The lowest BCUT2D eigenvalue weighted by molar-refractivity contribution is 0.363. The Morgan fingerprint density at radius 2 is 2.21 bits per heavy atom. The van der Waals surface area contributed by atoms with E-state index in [1.165, 1.54) is 0 Å². The van der Waals surface area contributed by atoms with E-state index in [1.807, 2.05) is 36.5 Å². The minimum atomic E-state index is -0.0524. The van der Waals surface area contributed by atoms with Gasteiger partial charge in [-0.2, -0.15) is 0 Å². The summed E-state index contributed by atoms with van der Waals surface area (Å²) in [6, 6.07) is 11.8. The lowest BCUT2D eigenvalue weighted by Gasteiger charge is -2.12. The van der Waals surface area contributed by atoms with Crippen molar-refractivity contribution >= 4 is 0 Å². The summed E-state index contributed by atoms with van der Waals surface area (Å²) in [5.41, 5.74) is 8.37. The molecule has 1 aromatic heterocycles. The quantitative estimate of drug-likeness (QED) is 0.806. The number of rotatable bonds is 6. The zero-order valence-corrected chi connectivity index (χ0v) is 10.8. The van der Waals surface area contributed by atoms with Gasteiger partial charge in [0.05, 0.1) is 0 Å². The van der Waals surface area contributed by atoms with E-state index in [-0.39, 0.29) is 6.04 Å². The summed E-state index contributed by atoms with van der Waals surface area (Å²) in [6.07, 6.45) is 6.05. The molecule has 0 aliphatic carbocycles. The highest BCUT2D eigenvalue weighted by Crippen LogP contribution is 2.19. The molecule has 0 fully saturated rings. The standard InChI is InChI=1S/C16H18N2O/c1-2-9-19-15-7-3-5-13(10-15)11-16(17)14-6-4-8-18-12-14/h2-8,10,12,16H,1,9,11,17H2. The molecule has 0 amide bonds. The Morgan fingerprint density at radius 1 is 1.32 bits per heavy atom. The first kappa shape index (κ1) is 13.3. The molecule has 3 nitrogen and oxygen atoms in total. The third kappa shape index (κ3) is 3.93. The number of benzene rings is 1. The van der Waals surface area contributed by atoms with Gasteiger partial charge in [-0.25, -0.2) is 0 Å². The molecule has 1 atom stereocenters. The molecule has 1 heterocycles. The summed E-state index contributed by atoms with van der Waals surface area (Å²) in [5, 5.41) is 0. The van der Waals surface area contributed by atoms with Crippen molar-refractivity contribution in [3.63, 3.8) is 0 Å². The van der Waals surface area contributed by atoms with Crippen molar-refractivity contribution in [2.45, 2.75) is 12.5 Å². The summed E-state index contributed by atoms with van der Waals surface area (Å²) < 4.78 is 5.51. The fourth-order valence-electron chi connectivity index (χ4n) is 1.88. The van der Waals surface area contributed by atoms with E-state index in [4.69, 9.17) is 10.5 Å². The van der Waals surface area contributed by atoms with Gasteiger partial charge < -0.3 is 10.5 Å². The van der Waals surface area contributed by atoms with Crippen molar-refractivity contribution in [2.24, 2.45) is 5.73 Å². The smallest absolute Gasteiger partial charge is 0.120 e. The van der Waals surface area contributed by atoms with Crippen LogP contribution in [0.15, 0.2) is 61.4 Å². The van der Waals surface area contributed by atoms with Gasteiger partial charge in [0.15, 0.2) is 0 Å². The summed E-state index contributed by atoms with van der Waals surface area (Å²) in [7, 11) is 0. The molecule has 1 unspecified atom stereocenters. The van der Waals surface area contributed by atoms with Crippen LogP contribution in [0.1, 0.15) is 17.2 Å². The number of nitrogens with zero attached hydrogens (tertiary/aromatic N) is 1. The fourth-order valence-corrected chi connectivity index (χ4v) is 1.88. The highest BCUT2D eigenvalue weighted by molar-refractivity contribution is 5.30. The van der Waals surface area contributed by atoms with Crippen molar-refractivity contribution in [1.82, 2.24) is 4.98 Å². The molecule has 2 N–H and O–H groups in total. The van der Waals surface area contributed by atoms with E-state index in [0.29, 0.717) is 6.61 Å². The zero-order chi connectivity index (χ0) is 13.5. The number of aromatic nitrogens is 1. The van der Waals surface area contributed by atoms with E-state index < -0.39 is 0 Å². The van der Waals surface area contributed by atoms with Gasteiger partial charge in [0, 0.05) is 18.4 Å². The summed E-state index contributed by atoms with van der Waals surface area (Å²) in [4.78, 5) is 4.09. The fraction of sp³-hybridized carbons (Fsp3) is 0.188. The minimum Gasteiger partial charge on any atom is -0.490 e. The van der Waals surface area contributed by atoms with E-state index in [9.17, 15) is 0 Å². The lowest BCUT2D eigenvalue weighted by Crippen LogP contribution is -2.13. The first-order chi connectivity index (χ1) is 9.29. The van der Waals surface area contributed by atoms with Gasteiger partial charge >= 0.3 is 0 Å². The zero-order valence-electron chi connectivity index (χ0n) is 10.8. The summed E-state index contributed by atoms with van der Waals surface area (Å²) >= 11 is 0. The van der Waals surface area contributed by atoms with Crippen molar-refractivity contribution < 1.29 is 4.74 Å². The van der Waals surface area contributed by atoms with Crippen LogP contribution in [-0.4, -0.2) is 11.6 Å². The first-order valence-electron chi connectivity index (χ1n) is 6.27. The van der Waals surface area contributed by atoms with Crippen LogP contribution in [0.5, 0.6) is 5.75 Å². The predicted molar refractivity (Wildman–Crippen MR) is 77.0 cm³/mol. The largest absolute Gasteiger partial charge is 0.490 e. The van der Waals surface area contributed by atoms with Crippen molar-refractivity contribution in [1.29, 1.82) is 0 Å². The molecular weight excluding hydrogens is 236 g/mol. The van der Waals surface area contributed by atoms with Crippen molar-refractivity contribution in [3.8, 4) is 5.75 Å². The number of hydrogen-bond donors (Lipinski definition) is 1. The Morgan fingerprint density at radius 3 is 2.95 bits per heavy atom. The third-order valence-electron chi connectivity index (χ3n) is 2.83. The van der Waals surface area contributed by atoms with Gasteiger partial charge in [-0.05, 0) is 35.7 Å². The normalized spacial score (nSPS) is 11.8. The van der Waals surface area contributed by atoms with Crippen LogP contribution in [-0.2, 0) is 6.42 Å². The van der Waals surface area contributed by atoms with Crippen LogP contribution in [0, 0.1) is 0 Å². The molecule has 0 spiro atoms. The molecule has 0 radical (unpaired) electrons. The average molecular weight is 254 g/mol. The second kappa shape index (κ2) is 6.71. The number of pyridine rings is 1. The van der Waals surface area contributed by atoms with Crippen LogP contribution in [0.3, 0.4) is 0 Å². The van der Waals surface area contributed by atoms with E-state index >= 15 is 0 Å². The molecule has 0 aliphatic rings. The van der Waals surface area contributed by atoms with Crippen LogP contribution < -0.4 is 10.5 Å². The SMILES string of the molecule is C=CCOc1cccc(CC(N)c2cccnc2)c1. The van der Waals surface area contributed by atoms with E-state index in [0.717, 1.165) is 23.3 Å². The molecule has 19 heavy (non-hydrogen) atoms. The molecule has 1 aromatic carbocycles. The van der Waals surface area contributed by atoms with Gasteiger partial charge in [-0.1, -0.05) is 30.9 Å². The highest BCUT2D eigenvalue weighted by atomic mass is 16.5. The van der Waals surface area contributed by atoms with Gasteiger partial charge in [0.1, 0.15) is 12.4 Å². The molecule has 0 bridgehead atoms. The summed E-state index contributed by atoms with van der Waals surface area (Å²) in [6.45, 7) is 4.15. The summed E-state index contributed by atoms with van der Waals surface area (Å²) in [5.74, 6) is 0.843. The molecule has 0 saturated carbocycles. The second-order valence-electron chi connectivity index (χ2n) is 4.34. The average Bonchev–Trinajstić information content (AvgIpc) is 2.46.